The van der Waals surface area contributed by atoms with E-state index in [-0.39, 0.29) is 0 Å². The molecule has 0 spiro atoms. The van der Waals surface area contributed by atoms with Crippen LogP contribution in [0.5, 0.6) is 0 Å². The van der Waals surface area contributed by atoms with Gasteiger partial charge in [0.1, 0.15) is 0 Å². The highest BCUT2D eigenvalue weighted by Gasteiger charge is 2.22. The fourth-order valence-corrected chi connectivity index (χ4v) is 3.89. The van der Waals surface area contributed by atoms with Crippen LogP contribution in [0, 0.1) is 13.8 Å². The molecule has 0 saturated carbocycles. The molecule has 0 unspecified atom stereocenters. The van der Waals surface area contributed by atoms with Gasteiger partial charge in [-0.3, -0.25) is 9.78 Å². The molecule has 0 bridgehead atoms. The van der Waals surface area contributed by atoms with Gasteiger partial charge in [0.25, 0.3) is 5.91 Å². The first kappa shape index (κ1) is 18.7. The van der Waals surface area contributed by atoms with Crippen molar-refractivity contribution in [2.75, 3.05) is 0 Å². The summed E-state index contributed by atoms with van der Waals surface area (Å²) in [5.41, 5.74) is 13.3. The molecule has 4 nitrogen and oxygen atoms in total. The zero-order chi connectivity index (χ0) is 20.4. The van der Waals surface area contributed by atoms with E-state index in [1.807, 2.05) is 50.2 Å². The van der Waals surface area contributed by atoms with Crippen molar-refractivity contribution < 1.29 is 4.79 Å². The Morgan fingerprint density at radius 3 is 2.07 bits per heavy atom. The molecule has 2 aromatic heterocycles. The van der Waals surface area contributed by atoms with E-state index >= 15 is 0 Å². The Hall–Kier alpha value is -3.66. The quantitative estimate of drug-likeness (QED) is 0.530. The fourth-order valence-electron chi connectivity index (χ4n) is 3.89. The molecule has 2 N–H and O–H groups in total. The third-order valence-electron chi connectivity index (χ3n) is 5.36. The average molecular weight is 381 g/mol. The lowest BCUT2D eigenvalue weighted by atomic mass is 9.97. The van der Waals surface area contributed by atoms with Crippen LogP contribution in [0.1, 0.15) is 27.4 Å². The van der Waals surface area contributed by atoms with E-state index in [1.54, 1.807) is 6.20 Å². The molecule has 2 heterocycles. The topological polar surface area (TPSA) is 60.9 Å². The number of nitrogens with two attached hydrogens (primary N) is 1. The summed E-state index contributed by atoms with van der Waals surface area (Å²) in [5.74, 6) is -0.410. The second kappa shape index (κ2) is 7.76. The summed E-state index contributed by atoms with van der Waals surface area (Å²) in [6.07, 6.45) is 1.78. The highest BCUT2D eigenvalue weighted by atomic mass is 16.1. The van der Waals surface area contributed by atoms with E-state index in [4.69, 9.17) is 5.73 Å². The van der Waals surface area contributed by atoms with Crippen molar-refractivity contribution in [3.05, 3.63) is 102 Å². The van der Waals surface area contributed by atoms with Crippen molar-refractivity contribution in [1.82, 2.24) is 9.55 Å². The van der Waals surface area contributed by atoms with Crippen molar-refractivity contribution in [2.45, 2.75) is 20.4 Å². The standard InChI is InChI=1S/C25H23N3O/c1-17-23(21-13-11-20(12-14-21)19-8-4-3-5-9-19)24(25(26)29)18(2)28(17)16-22-10-6-7-15-27-22/h3-15H,16H2,1-2H3,(H2,26,29). The number of pyridine rings is 1. The number of hydrogen-bond donors (Lipinski definition) is 1. The minimum Gasteiger partial charge on any atom is -0.366 e. The summed E-state index contributed by atoms with van der Waals surface area (Å²) in [7, 11) is 0. The molecule has 0 aliphatic carbocycles. The Labute approximate surface area is 170 Å². The van der Waals surface area contributed by atoms with Crippen molar-refractivity contribution in [2.24, 2.45) is 5.73 Å². The molecule has 0 radical (unpaired) electrons. The Kier molecular flexibility index (Phi) is 5.00. The molecule has 0 fully saturated rings. The maximum absolute atomic E-state index is 12.3. The fraction of sp³-hybridized carbons (Fsp3) is 0.120. The van der Waals surface area contributed by atoms with Crippen LogP contribution in [0.15, 0.2) is 79.0 Å². The van der Waals surface area contributed by atoms with Gasteiger partial charge >= 0.3 is 0 Å². The molecule has 4 aromatic rings. The number of hydrogen-bond acceptors (Lipinski definition) is 2. The first-order valence-electron chi connectivity index (χ1n) is 9.61. The summed E-state index contributed by atoms with van der Waals surface area (Å²) in [4.78, 5) is 16.7. The summed E-state index contributed by atoms with van der Waals surface area (Å²) >= 11 is 0. The minimum absolute atomic E-state index is 0.410. The van der Waals surface area contributed by atoms with E-state index in [2.05, 4.69) is 45.9 Å². The lowest BCUT2D eigenvalue weighted by Gasteiger charge is -2.10. The SMILES string of the molecule is Cc1c(C(N)=O)c(-c2ccc(-c3ccccc3)cc2)c(C)n1Cc1ccccn1. The molecular weight excluding hydrogens is 358 g/mol. The Morgan fingerprint density at radius 2 is 1.45 bits per heavy atom. The highest BCUT2D eigenvalue weighted by Crippen LogP contribution is 2.34. The van der Waals surface area contributed by atoms with Crippen LogP contribution >= 0.6 is 0 Å². The molecule has 0 saturated heterocycles. The molecule has 29 heavy (non-hydrogen) atoms. The Bertz CT molecular complexity index is 1140. The van der Waals surface area contributed by atoms with Gasteiger partial charge in [0.2, 0.25) is 0 Å². The van der Waals surface area contributed by atoms with E-state index in [1.165, 1.54) is 0 Å². The first-order valence-corrected chi connectivity index (χ1v) is 9.61. The average Bonchev–Trinajstić information content (AvgIpc) is 3.00. The van der Waals surface area contributed by atoms with E-state index in [0.717, 1.165) is 39.3 Å². The maximum atomic E-state index is 12.3. The summed E-state index contributed by atoms with van der Waals surface area (Å²) < 4.78 is 2.11. The van der Waals surface area contributed by atoms with Crippen LogP contribution in [-0.4, -0.2) is 15.5 Å². The number of aromatic nitrogens is 2. The van der Waals surface area contributed by atoms with Gasteiger partial charge in [0.15, 0.2) is 0 Å². The van der Waals surface area contributed by atoms with Crippen molar-refractivity contribution in [3.63, 3.8) is 0 Å². The van der Waals surface area contributed by atoms with E-state index < -0.39 is 5.91 Å². The number of nitrogens with zero attached hydrogens (tertiary/aromatic N) is 2. The summed E-state index contributed by atoms with van der Waals surface area (Å²) in [6, 6.07) is 24.4. The minimum atomic E-state index is -0.410. The molecule has 4 heteroatoms. The first-order chi connectivity index (χ1) is 14.1. The van der Waals surface area contributed by atoms with Crippen molar-refractivity contribution in [3.8, 4) is 22.3 Å². The van der Waals surface area contributed by atoms with Gasteiger partial charge in [-0.15, -0.1) is 0 Å². The van der Waals surface area contributed by atoms with Crippen LogP contribution < -0.4 is 5.73 Å². The number of rotatable bonds is 5. The third-order valence-corrected chi connectivity index (χ3v) is 5.36. The van der Waals surface area contributed by atoms with Crippen LogP contribution in [0.25, 0.3) is 22.3 Å². The van der Waals surface area contributed by atoms with Gasteiger partial charge in [-0.25, -0.2) is 0 Å². The van der Waals surface area contributed by atoms with Gasteiger partial charge in [0, 0.05) is 23.1 Å². The van der Waals surface area contributed by atoms with Gasteiger partial charge in [-0.1, -0.05) is 60.7 Å². The number of primary amides is 1. The largest absolute Gasteiger partial charge is 0.366 e. The Morgan fingerprint density at radius 1 is 0.828 bits per heavy atom. The van der Waals surface area contributed by atoms with Crippen molar-refractivity contribution >= 4 is 5.91 Å². The molecule has 2 aromatic carbocycles. The van der Waals surface area contributed by atoms with Crippen LogP contribution in [0.4, 0.5) is 0 Å². The normalized spacial score (nSPS) is 10.8. The van der Waals surface area contributed by atoms with Gasteiger partial charge in [0.05, 0.1) is 17.8 Å². The molecule has 0 aliphatic heterocycles. The highest BCUT2D eigenvalue weighted by molar-refractivity contribution is 6.02. The zero-order valence-electron chi connectivity index (χ0n) is 16.6. The second-order valence-electron chi connectivity index (χ2n) is 7.14. The summed E-state index contributed by atoms with van der Waals surface area (Å²) in [6.45, 7) is 4.57. The molecule has 4 rings (SSSR count). The van der Waals surface area contributed by atoms with Crippen molar-refractivity contribution in [1.29, 1.82) is 0 Å². The number of carbonyl (C=O) groups excluding carboxylic acids is 1. The van der Waals surface area contributed by atoms with Gasteiger partial charge in [-0.2, -0.15) is 0 Å². The molecule has 144 valence electrons. The predicted octanol–water partition coefficient (Wildman–Crippen LogP) is 4.98. The van der Waals surface area contributed by atoms with Gasteiger partial charge < -0.3 is 10.3 Å². The smallest absolute Gasteiger partial charge is 0.251 e. The zero-order valence-corrected chi connectivity index (χ0v) is 16.6. The second-order valence-corrected chi connectivity index (χ2v) is 7.14. The third kappa shape index (κ3) is 3.57. The molecule has 0 atom stereocenters. The van der Waals surface area contributed by atoms with Crippen LogP contribution in [0.2, 0.25) is 0 Å². The number of benzene rings is 2. The number of amides is 1. The van der Waals surface area contributed by atoms with E-state index in [0.29, 0.717) is 12.1 Å². The predicted molar refractivity (Wildman–Crippen MR) is 117 cm³/mol. The van der Waals surface area contributed by atoms with E-state index in [9.17, 15) is 4.79 Å². The lowest BCUT2D eigenvalue weighted by Crippen LogP contribution is -2.13. The maximum Gasteiger partial charge on any atom is 0.251 e. The number of carbonyl (C=O) groups is 1. The van der Waals surface area contributed by atoms with Gasteiger partial charge in [-0.05, 0) is 42.7 Å². The lowest BCUT2D eigenvalue weighted by molar-refractivity contribution is 0.1000. The molecule has 1 amide bonds. The molecular formula is C25H23N3O. The monoisotopic (exact) mass is 381 g/mol. The van der Waals surface area contributed by atoms with Crippen LogP contribution in [-0.2, 0) is 6.54 Å². The Balaban J connectivity index is 1.79. The van der Waals surface area contributed by atoms with Crippen LogP contribution in [0.3, 0.4) is 0 Å². The molecule has 0 aliphatic rings. The summed E-state index contributed by atoms with van der Waals surface area (Å²) in [5, 5.41) is 0.